The van der Waals surface area contributed by atoms with Gasteiger partial charge in [-0.25, -0.2) is 0 Å². The van der Waals surface area contributed by atoms with Gasteiger partial charge >= 0.3 is 0 Å². The van der Waals surface area contributed by atoms with Crippen LogP contribution in [-0.4, -0.2) is 0 Å². The molecule has 1 rings (SSSR count). The average Bonchev–Trinajstić information content (AvgIpc) is 2.74. The predicted octanol–water partition coefficient (Wildman–Crippen LogP) is 5.20. The molecule has 88 valence electrons. The van der Waals surface area contributed by atoms with Crippen molar-refractivity contribution in [2.24, 2.45) is 17.3 Å². The number of allylic oxidation sites excluding steroid dienone is 2. The third-order valence-electron chi connectivity index (χ3n) is 3.88. The molecule has 0 saturated heterocycles. The van der Waals surface area contributed by atoms with E-state index in [1.54, 1.807) is 5.57 Å². The third-order valence-corrected chi connectivity index (χ3v) is 3.88. The van der Waals surface area contributed by atoms with Crippen molar-refractivity contribution in [2.45, 2.75) is 66.7 Å². The van der Waals surface area contributed by atoms with Crippen LogP contribution in [0.4, 0.5) is 0 Å². The van der Waals surface area contributed by atoms with Gasteiger partial charge in [-0.1, -0.05) is 52.2 Å². The molecule has 0 aromatic heterocycles. The first-order valence-electron chi connectivity index (χ1n) is 6.65. The molecule has 0 spiro atoms. The molecule has 0 nitrogen and oxygen atoms in total. The summed E-state index contributed by atoms with van der Waals surface area (Å²) in [7, 11) is 0. The summed E-state index contributed by atoms with van der Waals surface area (Å²) < 4.78 is 0. The first kappa shape index (κ1) is 12.8. The Kier molecular flexibility index (Phi) is 4.43. The average molecular weight is 208 g/mol. The normalized spacial score (nSPS) is 31.1. The highest BCUT2D eigenvalue weighted by molar-refractivity contribution is 5.05. The highest BCUT2D eigenvalue weighted by atomic mass is 14.5. The van der Waals surface area contributed by atoms with Crippen molar-refractivity contribution in [3.05, 3.63) is 11.6 Å². The fraction of sp³-hybridized carbons (Fsp3) is 0.867. The van der Waals surface area contributed by atoms with Gasteiger partial charge in [-0.15, -0.1) is 0 Å². The molecule has 1 fully saturated rings. The molecular weight excluding hydrogens is 180 g/mol. The lowest BCUT2D eigenvalue weighted by atomic mass is 9.94. The second-order valence-electron chi connectivity index (χ2n) is 6.10. The van der Waals surface area contributed by atoms with E-state index in [9.17, 15) is 0 Å². The zero-order chi connectivity index (χ0) is 11.5. The quantitative estimate of drug-likeness (QED) is 0.527. The Morgan fingerprint density at radius 2 is 2.13 bits per heavy atom. The van der Waals surface area contributed by atoms with Crippen molar-refractivity contribution < 1.29 is 0 Å². The van der Waals surface area contributed by atoms with E-state index in [1.807, 2.05) is 0 Å². The SMILES string of the molecule is CCCC1CC1(C)CCC(C)=CC(C)C. The van der Waals surface area contributed by atoms with E-state index in [-0.39, 0.29) is 0 Å². The lowest BCUT2D eigenvalue weighted by Gasteiger charge is -2.11. The second kappa shape index (κ2) is 5.18. The van der Waals surface area contributed by atoms with Gasteiger partial charge in [-0.2, -0.15) is 0 Å². The van der Waals surface area contributed by atoms with Crippen LogP contribution in [0.15, 0.2) is 11.6 Å². The molecule has 1 saturated carbocycles. The van der Waals surface area contributed by atoms with Crippen LogP contribution in [0.2, 0.25) is 0 Å². The van der Waals surface area contributed by atoms with Gasteiger partial charge in [0, 0.05) is 0 Å². The molecule has 0 N–H and O–H groups in total. The lowest BCUT2D eigenvalue weighted by molar-refractivity contribution is 0.444. The van der Waals surface area contributed by atoms with Crippen molar-refractivity contribution >= 4 is 0 Å². The van der Waals surface area contributed by atoms with Gasteiger partial charge in [-0.05, 0) is 43.4 Å². The number of hydrogen-bond acceptors (Lipinski definition) is 0. The zero-order valence-electron chi connectivity index (χ0n) is 11.3. The molecule has 0 radical (unpaired) electrons. The molecule has 0 heteroatoms. The summed E-state index contributed by atoms with van der Waals surface area (Å²) in [5, 5.41) is 0. The first-order chi connectivity index (χ1) is 6.98. The van der Waals surface area contributed by atoms with Gasteiger partial charge in [0.15, 0.2) is 0 Å². The molecule has 0 heterocycles. The highest BCUT2D eigenvalue weighted by Gasteiger charge is 2.47. The van der Waals surface area contributed by atoms with Crippen LogP contribution in [-0.2, 0) is 0 Å². The van der Waals surface area contributed by atoms with E-state index in [0.29, 0.717) is 11.3 Å². The van der Waals surface area contributed by atoms with Crippen LogP contribution in [0.25, 0.3) is 0 Å². The maximum absolute atomic E-state index is 2.48. The van der Waals surface area contributed by atoms with Crippen LogP contribution in [0.3, 0.4) is 0 Å². The molecule has 1 aliphatic carbocycles. The number of hydrogen-bond donors (Lipinski definition) is 0. The minimum atomic E-state index is 0.697. The van der Waals surface area contributed by atoms with E-state index in [4.69, 9.17) is 0 Å². The van der Waals surface area contributed by atoms with Crippen LogP contribution in [0.1, 0.15) is 66.7 Å². The summed E-state index contributed by atoms with van der Waals surface area (Å²) in [5.74, 6) is 1.75. The van der Waals surface area contributed by atoms with Crippen molar-refractivity contribution in [2.75, 3.05) is 0 Å². The smallest absolute Gasteiger partial charge is 0.0288 e. The molecule has 2 atom stereocenters. The van der Waals surface area contributed by atoms with E-state index in [1.165, 1.54) is 32.1 Å². The van der Waals surface area contributed by atoms with Crippen LogP contribution in [0, 0.1) is 17.3 Å². The van der Waals surface area contributed by atoms with Gasteiger partial charge in [0.05, 0.1) is 0 Å². The van der Waals surface area contributed by atoms with Crippen molar-refractivity contribution in [1.82, 2.24) is 0 Å². The largest absolute Gasteiger partial charge is 0.0830 e. The minimum Gasteiger partial charge on any atom is -0.0830 e. The number of rotatable bonds is 6. The lowest BCUT2D eigenvalue weighted by Crippen LogP contribution is -1.99. The van der Waals surface area contributed by atoms with E-state index in [0.717, 1.165) is 5.92 Å². The maximum Gasteiger partial charge on any atom is -0.0288 e. The molecule has 0 aromatic rings. The van der Waals surface area contributed by atoms with Crippen LogP contribution >= 0.6 is 0 Å². The molecule has 0 aromatic carbocycles. The Balaban J connectivity index is 2.27. The Morgan fingerprint density at radius 1 is 1.47 bits per heavy atom. The van der Waals surface area contributed by atoms with Crippen molar-refractivity contribution in [1.29, 1.82) is 0 Å². The molecule has 0 bridgehead atoms. The highest BCUT2D eigenvalue weighted by Crippen LogP contribution is 2.57. The Hall–Kier alpha value is -0.260. The molecular formula is C15H28. The van der Waals surface area contributed by atoms with Gasteiger partial charge in [0.25, 0.3) is 0 Å². The summed E-state index contributed by atoms with van der Waals surface area (Å²) in [6, 6.07) is 0. The van der Waals surface area contributed by atoms with Gasteiger partial charge in [0.1, 0.15) is 0 Å². The van der Waals surface area contributed by atoms with Gasteiger partial charge < -0.3 is 0 Å². The standard InChI is InChI=1S/C15H28/c1-6-7-14-11-15(14,5)9-8-13(4)10-12(2)3/h10,12,14H,6-9,11H2,1-5H3. The first-order valence-corrected chi connectivity index (χ1v) is 6.65. The molecule has 1 aliphatic rings. The fourth-order valence-electron chi connectivity index (χ4n) is 2.74. The third kappa shape index (κ3) is 4.01. The second-order valence-corrected chi connectivity index (χ2v) is 6.10. The summed E-state index contributed by atoms with van der Waals surface area (Å²) in [5.41, 5.74) is 2.29. The molecule has 0 aliphatic heterocycles. The minimum absolute atomic E-state index is 0.697. The van der Waals surface area contributed by atoms with Gasteiger partial charge in [0.2, 0.25) is 0 Å². The Bertz CT molecular complexity index is 224. The Labute approximate surface area is 96.2 Å². The van der Waals surface area contributed by atoms with Crippen LogP contribution < -0.4 is 0 Å². The summed E-state index contributed by atoms with van der Waals surface area (Å²) in [6.45, 7) is 11.6. The maximum atomic E-state index is 2.48. The van der Waals surface area contributed by atoms with Crippen molar-refractivity contribution in [3.63, 3.8) is 0 Å². The zero-order valence-corrected chi connectivity index (χ0v) is 11.3. The molecule has 0 amide bonds. The van der Waals surface area contributed by atoms with E-state index < -0.39 is 0 Å². The van der Waals surface area contributed by atoms with E-state index in [2.05, 4.69) is 40.7 Å². The summed E-state index contributed by atoms with van der Waals surface area (Å²) >= 11 is 0. The Morgan fingerprint density at radius 3 is 2.67 bits per heavy atom. The van der Waals surface area contributed by atoms with Crippen molar-refractivity contribution in [3.8, 4) is 0 Å². The topological polar surface area (TPSA) is 0 Å². The monoisotopic (exact) mass is 208 g/mol. The predicted molar refractivity (Wildman–Crippen MR) is 69.0 cm³/mol. The molecule has 2 unspecified atom stereocenters. The van der Waals surface area contributed by atoms with Crippen LogP contribution in [0.5, 0.6) is 0 Å². The van der Waals surface area contributed by atoms with Gasteiger partial charge in [-0.3, -0.25) is 0 Å². The summed E-state index contributed by atoms with van der Waals surface area (Å²) in [6.07, 6.45) is 9.43. The summed E-state index contributed by atoms with van der Waals surface area (Å²) in [4.78, 5) is 0. The van der Waals surface area contributed by atoms with E-state index >= 15 is 0 Å². The molecule has 15 heavy (non-hydrogen) atoms. The fourth-order valence-corrected chi connectivity index (χ4v) is 2.74.